The Kier molecular flexibility index (Phi) is 8.42. The number of likely N-dealkylation sites (tertiary alicyclic amines) is 1. The van der Waals surface area contributed by atoms with Crippen LogP contribution in [0.3, 0.4) is 0 Å². The highest BCUT2D eigenvalue weighted by molar-refractivity contribution is 5.94. The van der Waals surface area contributed by atoms with Crippen molar-refractivity contribution in [2.75, 3.05) is 26.2 Å². The van der Waals surface area contributed by atoms with E-state index in [-0.39, 0.29) is 30.1 Å². The molecule has 0 spiro atoms. The molecule has 1 heterocycles. The van der Waals surface area contributed by atoms with Crippen LogP contribution in [0.15, 0.2) is 54.6 Å². The van der Waals surface area contributed by atoms with Crippen LogP contribution in [0.1, 0.15) is 47.7 Å². The third-order valence-electron chi connectivity index (χ3n) is 5.87. The molecule has 6 nitrogen and oxygen atoms in total. The number of esters is 1. The minimum Gasteiger partial charge on any atom is -0.466 e. The number of ether oxygens (including phenoxy) is 1. The summed E-state index contributed by atoms with van der Waals surface area (Å²) >= 11 is 0. The van der Waals surface area contributed by atoms with E-state index in [0.29, 0.717) is 51.2 Å². The van der Waals surface area contributed by atoms with Crippen molar-refractivity contribution in [3.63, 3.8) is 0 Å². The quantitative estimate of drug-likeness (QED) is 0.590. The molecule has 2 aromatic rings. The summed E-state index contributed by atoms with van der Waals surface area (Å²) in [4.78, 5) is 41.5. The fourth-order valence-electron chi connectivity index (χ4n) is 3.95. The molecule has 1 aliphatic heterocycles. The number of carbonyl (C=O) groups is 3. The van der Waals surface area contributed by atoms with Gasteiger partial charge in [0, 0.05) is 38.2 Å². The minimum atomic E-state index is -0.169. The van der Waals surface area contributed by atoms with Gasteiger partial charge in [-0.1, -0.05) is 48.0 Å². The van der Waals surface area contributed by atoms with Gasteiger partial charge in [-0.25, -0.2) is 0 Å². The standard InChI is InChI=1S/C26H32N2O4/c1-3-32-26(31)23-13-16-27(17-14-23)24(29)15-18-28(19-21-7-5-4-6-8-21)25(30)22-11-9-20(2)10-12-22/h4-12,23H,3,13-19H2,1-2H3. The normalized spacial score (nSPS) is 14.1. The topological polar surface area (TPSA) is 66.9 Å². The Morgan fingerprint density at radius 1 is 1.00 bits per heavy atom. The predicted molar refractivity (Wildman–Crippen MR) is 123 cm³/mol. The summed E-state index contributed by atoms with van der Waals surface area (Å²) in [5.41, 5.74) is 2.74. The highest BCUT2D eigenvalue weighted by Crippen LogP contribution is 2.20. The Hall–Kier alpha value is -3.15. The van der Waals surface area contributed by atoms with Gasteiger partial charge in [-0.05, 0) is 44.4 Å². The van der Waals surface area contributed by atoms with Gasteiger partial charge in [0.25, 0.3) is 5.91 Å². The number of rotatable bonds is 8. The van der Waals surface area contributed by atoms with E-state index in [1.807, 2.05) is 61.5 Å². The van der Waals surface area contributed by atoms with E-state index in [9.17, 15) is 14.4 Å². The van der Waals surface area contributed by atoms with Crippen LogP contribution in [-0.2, 0) is 20.9 Å². The van der Waals surface area contributed by atoms with Crippen LogP contribution in [0.25, 0.3) is 0 Å². The summed E-state index contributed by atoms with van der Waals surface area (Å²) in [5, 5.41) is 0. The molecule has 0 saturated carbocycles. The molecule has 32 heavy (non-hydrogen) atoms. The number of benzene rings is 2. The maximum atomic E-state index is 13.2. The summed E-state index contributed by atoms with van der Waals surface area (Å²) in [6, 6.07) is 17.3. The smallest absolute Gasteiger partial charge is 0.309 e. The van der Waals surface area contributed by atoms with Gasteiger partial charge in [-0.15, -0.1) is 0 Å². The molecule has 2 amide bonds. The molecule has 3 rings (SSSR count). The molecule has 0 atom stereocenters. The summed E-state index contributed by atoms with van der Waals surface area (Å²) in [6.07, 6.45) is 1.51. The molecule has 0 radical (unpaired) electrons. The van der Waals surface area contributed by atoms with Crippen LogP contribution in [0.5, 0.6) is 0 Å². The summed E-state index contributed by atoms with van der Waals surface area (Å²) in [5.74, 6) is -0.362. The molecule has 2 aromatic carbocycles. The van der Waals surface area contributed by atoms with Crippen molar-refractivity contribution in [2.24, 2.45) is 5.92 Å². The van der Waals surface area contributed by atoms with Crippen molar-refractivity contribution in [1.29, 1.82) is 0 Å². The Labute approximate surface area is 190 Å². The molecule has 0 N–H and O–H groups in total. The fourth-order valence-corrected chi connectivity index (χ4v) is 3.95. The molecule has 6 heteroatoms. The van der Waals surface area contributed by atoms with Gasteiger partial charge in [-0.3, -0.25) is 14.4 Å². The van der Waals surface area contributed by atoms with Crippen LogP contribution in [-0.4, -0.2) is 53.8 Å². The van der Waals surface area contributed by atoms with Crippen molar-refractivity contribution in [3.8, 4) is 0 Å². The maximum Gasteiger partial charge on any atom is 0.309 e. The minimum absolute atomic E-state index is 0.0158. The van der Waals surface area contributed by atoms with Crippen LogP contribution >= 0.6 is 0 Å². The first kappa shape index (κ1) is 23.5. The average Bonchev–Trinajstić information content (AvgIpc) is 2.82. The van der Waals surface area contributed by atoms with Crippen molar-refractivity contribution < 1.29 is 19.1 Å². The van der Waals surface area contributed by atoms with Crippen molar-refractivity contribution in [3.05, 3.63) is 71.3 Å². The Morgan fingerprint density at radius 3 is 2.28 bits per heavy atom. The molecular formula is C26H32N2O4. The zero-order valence-corrected chi connectivity index (χ0v) is 19.0. The molecular weight excluding hydrogens is 404 g/mol. The van der Waals surface area contributed by atoms with E-state index in [1.54, 1.807) is 16.7 Å². The van der Waals surface area contributed by atoms with Crippen LogP contribution < -0.4 is 0 Å². The van der Waals surface area contributed by atoms with Gasteiger partial charge in [0.05, 0.1) is 12.5 Å². The van der Waals surface area contributed by atoms with Crippen LogP contribution in [0.4, 0.5) is 0 Å². The first-order chi connectivity index (χ1) is 15.5. The molecule has 0 aromatic heterocycles. The van der Waals surface area contributed by atoms with Gasteiger partial charge < -0.3 is 14.5 Å². The van der Waals surface area contributed by atoms with E-state index in [0.717, 1.165) is 11.1 Å². The number of hydrogen-bond donors (Lipinski definition) is 0. The Bertz CT molecular complexity index is 903. The largest absolute Gasteiger partial charge is 0.466 e. The predicted octanol–water partition coefficient (Wildman–Crippen LogP) is 3.83. The zero-order valence-electron chi connectivity index (χ0n) is 19.0. The summed E-state index contributed by atoms with van der Waals surface area (Å²) in [6.45, 7) is 6.06. The van der Waals surface area contributed by atoms with E-state index >= 15 is 0 Å². The molecule has 1 fully saturated rings. The number of piperidine rings is 1. The van der Waals surface area contributed by atoms with E-state index in [2.05, 4.69) is 0 Å². The SMILES string of the molecule is CCOC(=O)C1CCN(C(=O)CCN(Cc2ccccc2)C(=O)c2ccc(C)cc2)CC1. The lowest BCUT2D eigenvalue weighted by atomic mass is 9.97. The third-order valence-corrected chi connectivity index (χ3v) is 5.87. The van der Waals surface area contributed by atoms with Gasteiger partial charge in [0.15, 0.2) is 0 Å². The average molecular weight is 437 g/mol. The lowest BCUT2D eigenvalue weighted by Gasteiger charge is -2.31. The highest BCUT2D eigenvalue weighted by atomic mass is 16.5. The molecule has 0 aliphatic carbocycles. The van der Waals surface area contributed by atoms with Gasteiger partial charge in [0.2, 0.25) is 5.91 Å². The summed E-state index contributed by atoms with van der Waals surface area (Å²) in [7, 11) is 0. The Morgan fingerprint density at radius 2 is 1.66 bits per heavy atom. The van der Waals surface area contributed by atoms with E-state index in [4.69, 9.17) is 4.74 Å². The van der Waals surface area contributed by atoms with Crippen molar-refractivity contribution in [2.45, 2.75) is 39.7 Å². The number of aryl methyl sites for hydroxylation is 1. The number of hydrogen-bond acceptors (Lipinski definition) is 4. The lowest BCUT2D eigenvalue weighted by Crippen LogP contribution is -2.42. The second-order valence-corrected chi connectivity index (χ2v) is 8.24. The number of nitrogens with zero attached hydrogens (tertiary/aromatic N) is 2. The molecule has 0 bridgehead atoms. The fraction of sp³-hybridized carbons (Fsp3) is 0.423. The first-order valence-electron chi connectivity index (χ1n) is 11.3. The monoisotopic (exact) mass is 436 g/mol. The molecule has 0 unspecified atom stereocenters. The van der Waals surface area contributed by atoms with Crippen molar-refractivity contribution >= 4 is 17.8 Å². The van der Waals surface area contributed by atoms with E-state index in [1.165, 1.54) is 0 Å². The van der Waals surface area contributed by atoms with Crippen LogP contribution in [0.2, 0.25) is 0 Å². The number of amides is 2. The molecule has 1 saturated heterocycles. The van der Waals surface area contributed by atoms with Gasteiger partial charge in [0.1, 0.15) is 0 Å². The maximum absolute atomic E-state index is 13.2. The second kappa shape index (κ2) is 11.5. The number of carbonyl (C=O) groups excluding carboxylic acids is 3. The first-order valence-corrected chi connectivity index (χ1v) is 11.3. The van der Waals surface area contributed by atoms with E-state index < -0.39 is 0 Å². The lowest BCUT2D eigenvalue weighted by molar-refractivity contribution is -0.151. The van der Waals surface area contributed by atoms with Gasteiger partial charge >= 0.3 is 5.97 Å². The second-order valence-electron chi connectivity index (χ2n) is 8.24. The van der Waals surface area contributed by atoms with Gasteiger partial charge in [-0.2, -0.15) is 0 Å². The summed E-state index contributed by atoms with van der Waals surface area (Å²) < 4.78 is 5.10. The van der Waals surface area contributed by atoms with Crippen LogP contribution in [0, 0.1) is 12.8 Å². The highest BCUT2D eigenvalue weighted by Gasteiger charge is 2.28. The molecule has 170 valence electrons. The van der Waals surface area contributed by atoms with Crippen molar-refractivity contribution in [1.82, 2.24) is 9.80 Å². The Balaban J connectivity index is 1.61. The molecule has 1 aliphatic rings. The zero-order chi connectivity index (χ0) is 22.9. The third kappa shape index (κ3) is 6.42.